The largest absolute Gasteiger partial charge is 0.489 e. The summed E-state index contributed by atoms with van der Waals surface area (Å²) in [5.41, 5.74) is 0.545. The number of hydrogen-bond acceptors (Lipinski definition) is 6. The summed E-state index contributed by atoms with van der Waals surface area (Å²) in [7, 11) is 0. The molecule has 3 heterocycles. The average molecular weight is 545 g/mol. The van der Waals surface area contributed by atoms with Gasteiger partial charge in [0.1, 0.15) is 48.6 Å². The number of aromatic nitrogens is 6. The lowest BCUT2D eigenvalue weighted by molar-refractivity contribution is -0.0205. The van der Waals surface area contributed by atoms with E-state index < -0.39 is 17.2 Å². The van der Waals surface area contributed by atoms with Crippen LogP contribution >= 0.6 is 0 Å². The maximum atomic E-state index is 14.9. The standard InChI is InChI=1S/C29H26F2N6O3/c30-23-6-11-26(27(31)12-23)29(17-35-19-32-18-33-35)13-22(16-40-29)14-37-28(38)36(20-34-37)24-7-9-25(10-8-24)39-15-21-4-2-1-3-5-21/h1-12,18-20,22H,13-17H2/t22-,29-/m0/s1. The van der Waals surface area contributed by atoms with E-state index in [1.165, 1.54) is 40.4 Å². The molecule has 6 rings (SSSR count). The maximum Gasteiger partial charge on any atom is 0.350 e. The zero-order valence-electron chi connectivity index (χ0n) is 21.4. The molecular formula is C29H26F2N6O3. The molecule has 1 aliphatic heterocycles. The molecule has 0 N–H and O–H groups in total. The molecule has 2 atom stereocenters. The molecule has 40 heavy (non-hydrogen) atoms. The van der Waals surface area contributed by atoms with Gasteiger partial charge in [-0.3, -0.25) is 0 Å². The number of nitrogens with zero attached hydrogens (tertiary/aromatic N) is 6. The van der Waals surface area contributed by atoms with Crippen molar-refractivity contribution in [2.24, 2.45) is 5.92 Å². The molecule has 2 aromatic heterocycles. The molecule has 1 saturated heterocycles. The number of benzene rings is 3. The van der Waals surface area contributed by atoms with Crippen LogP contribution in [0, 0.1) is 17.6 Å². The minimum atomic E-state index is -1.10. The van der Waals surface area contributed by atoms with Gasteiger partial charge in [0.25, 0.3) is 0 Å². The number of rotatable bonds is 9. The van der Waals surface area contributed by atoms with Gasteiger partial charge in [-0.05, 0) is 42.3 Å². The highest BCUT2D eigenvalue weighted by molar-refractivity contribution is 5.37. The van der Waals surface area contributed by atoms with Crippen molar-refractivity contribution in [1.82, 2.24) is 29.1 Å². The van der Waals surface area contributed by atoms with Crippen LogP contribution in [0.2, 0.25) is 0 Å². The van der Waals surface area contributed by atoms with Gasteiger partial charge in [0.15, 0.2) is 0 Å². The van der Waals surface area contributed by atoms with Gasteiger partial charge in [-0.2, -0.15) is 10.2 Å². The Balaban J connectivity index is 1.17. The van der Waals surface area contributed by atoms with Crippen LogP contribution in [0.5, 0.6) is 5.75 Å². The molecule has 0 saturated carbocycles. The molecule has 11 heteroatoms. The summed E-state index contributed by atoms with van der Waals surface area (Å²) in [6.07, 6.45) is 4.75. The zero-order chi connectivity index (χ0) is 27.5. The fourth-order valence-corrected chi connectivity index (χ4v) is 5.12. The van der Waals surface area contributed by atoms with Crippen molar-refractivity contribution in [3.63, 3.8) is 0 Å². The molecule has 3 aromatic carbocycles. The van der Waals surface area contributed by atoms with Crippen LogP contribution in [0.3, 0.4) is 0 Å². The zero-order valence-corrected chi connectivity index (χ0v) is 21.4. The van der Waals surface area contributed by atoms with Gasteiger partial charge in [0, 0.05) is 17.5 Å². The van der Waals surface area contributed by atoms with Crippen LogP contribution in [0.15, 0.2) is 96.6 Å². The second-order valence-corrected chi connectivity index (χ2v) is 9.83. The molecule has 0 amide bonds. The van der Waals surface area contributed by atoms with Crippen LogP contribution in [-0.4, -0.2) is 35.7 Å². The van der Waals surface area contributed by atoms with Crippen LogP contribution in [0.1, 0.15) is 17.5 Å². The van der Waals surface area contributed by atoms with Crippen molar-refractivity contribution in [1.29, 1.82) is 0 Å². The van der Waals surface area contributed by atoms with E-state index in [2.05, 4.69) is 15.2 Å². The van der Waals surface area contributed by atoms with E-state index in [1.54, 1.807) is 16.8 Å². The topological polar surface area (TPSA) is 89.0 Å². The van der Waals surface area contributed by atoms with E-state index in [4.69, 9.17) is 9.47 Å². The fourth-order valence-electron chi connectivity index (χ4n) is 5.12. The highest BCUT2D eigenvalue weighted by Crippen LogP contribution is 2.42. The lowest BCUT2D eigenvalue weighted by Crippen LogP contribution is -2.33. The Bertz CT molecular complexity index is 1640. The third kappa shape index (κ3) is 5.28. The quantitative estimate of drug-likeness (QED) is 0.278. The lowest BCUT2D eigenvalue weighted by atomic mass is 9.86. The van der Waals surface area contributed by atoms with Crippen LogP contribution in [-0.2, 0) is 30.0 Å². The van der Waals surface area contributed by atoms with Gasteiger partial charge in [-0.25, -0.2) is 32.5 Å². The first-order valence-corrected chi connectivity index (χ1v) is 12.8. The van der Waals surface area contributed by atoms with E-state index in [-0.39, 0.29) is 36.9 Å². The molecule has 0 radical (unpaired) electrons. The smallest absolute Gasteiger partial charge is 0.350 e. The van der Waals surface area contributed by atoms with Gasteiger partial charge in [0.05, 0.1) is 25.4 Å². The van der Waals surface area contributed by atoms with Crippen molar-refractivity contribution < 1.29 is 18.3 Å². The van der Waals surface area contributed by atoms with Gasteiger partial charge in [0.2, 0.25) is 0 Å². The third-order valence-electron chi connectivity index (χ3n) is 7.05. The Morgan fingerprint density at radius 3 is 2.58 bits per heavy atom. The summed E-state index contributed by atoms with van der Waals surface area (Å²) in [5, 5.41) is 8.45. The first kappa shape index (κ1) is 25.6. The summed E-state index contributed by atoms with van der Waals surface area (Å²) in [4.78, 5) is 17.2. The van der Waals surface area contributed by atoms with Gasteiger partial charge < -0.3 is 9.47 Å². The van der Waals surface area contributed by atoms with E-state index >= 15 is 0 Å². The summed E-state index contributed by atoms with van der Waals surface area (Å²) in [5.74, 6) is -0.825. The van der Waals surface area contributed by atoms with Crippen molar-refractivity contribution in [2.75, 3.05) is 6.61 Å². The highest BCUT2D eigenvalue weighted by Gasteiger charge is 2.44. The molecule has 9 nitrogen and oxygen atoms in total. The molecule has 204 valence electrons. The van der Waals surface area contributed by atoms with Crippen LogP contribution in [0.25, 0.3) is 5.69 Å². The summed E-state index contributed by atoms with van der Waals surface area (Å²) < 4.78 is 45.0. The summed E-state index contributed by atoms with van der Waals surface area (Å²) in [6, 6.07) is 20.5. The Morgan fingerprint density at radius 2 is 1.82 bits per heavy atom. The fraction of sp³-hybridized carbons (Fsp3) is 0.241. The number of hydrogen-bond donors (Lipinski definition) is 0. The van der Waals surface area contributed by atoms with E-state index in [0.29, 0.717) is 24.5 Å². The predicted molar refractivity (Wildman–Crippen MR) is 141 cm³/mol. The van der Waals surface area contributed by atoms with E-state index in [9.17, 15) is 13.6 Å². The predicted octanol–water partition coefficient (Wildman–Crippen LogP) is 4.11. The number of halogens is 2. The van der Waals surface area contributed by atoms with E-state index in [1.807, 2.05) is 42.5 Å². The second-order valence-electron chi connectivity index (χ2n) is 9.83. The van der Waals surface area contributed by atoms with Crippen molar-refractivity contribution in [3.05, 3.63) is 125 Å². The normalized spacial score (nSPS) is 18.7. The molecule has 0 spiro atoms. The van der Waals surface area contributed by atoms with Crippen molar-refractivity contribution in [2.45, 2.75) is 31.7 Å². The van der Waals surface area contributed by atoms with Gasteiger partial charge in [-0.1, -0.05) is 36.4 Å². The summed E-state index contributed by atoms with van der Waals surface area (Å²) >= 11 is 0. The average Bonchev–Trinajstić information content (AvgIpc) is 3.71. The third-order valence-corrected chi connectivity index (χ3v) is 7.05. The lowest BCUT2D eigenvalue weighted by Gasteiger charge is -2.29. The van der Waals surface area contributed by atoms with Crippen molar-refractivity contribution in [3.8, 4) is 11.4 Å². The Kier molecular flexibility index (Phi) is 6.95. The monoisotopic (exact) mass is 544 g/mol. The Morgan fingerprint density at radius 1 is 1.00 bits per heavy atom. The van der Waals surface area contributed by atoms with Gasteiger partial charge in [-0.15, -0.1) is 0 Å². The van der Waals surface area contributed by atoms with Crippen LogP contribution < -0.4 is 10.4 Å². The summed E-state index contributed by atoms with van der Waals surface area (Å²) in [6.45, 7) is 1.17. The SMILES string of the molecule is O=c1n(-c2ccc(OCc3ccccc3)cc2)cnn1C[C@H]1CO[C@@](Cn2cncn2)(c2ccc(F)cc2F)C1. The molecule has 0 unspecified atom stereocenters. The minimum Gasteiger partial charge on any atom is -0.489 e. The van der Waals surface area contributed by atoms with E-state index in [0.717, 1.165) is 11.6 Å². The van der Waals surface area contributed by atoms with Crippen LogP contribution in [0.4, 0.5) is 8.78 Å². The molecule has 1 fully saturated rings. The second kappa shape index (κ2) is 10.9. The molecule has 5 aromatic rings. The molecular weight excluding hydrogens is 518 g/mol. The molecule has 0 aliphatic carbocycles. The van der Waals surface area contributed by atoms with Crippen molar-refractivity contribution >= 4 is 0 Å². The Hall–Kier alpha value is -4.64. The first-order valence-electron chi connectivity index (χ1n) is 12.8. The van der Waals surface area contributed by atoms with Gasteiger partial charge >= 0.3 is 5.69 Å². The minimum absolute atomic E-state index is 0.150. The molecule has 1 aliphatic rings. The molecule has 0 bridgehead atoms. The number of ether oxygens (including phenoxy) is 2. The highest BCUT2D eigenvalue weighted by atomic mass is 19.1. The maximum absolute atomic E-state index is 14.9. The first-order chi connectivity index (χ1) is 19.5. The Labute approximate surface area is 228 Å².